The van der Waals surface area contributed by atoms with Gasteiger partial charge in [-0.1, -0.05) is 39.5 Å². The third-order valence-corrected chi connectivity index (χ3v) is 1.93. The Morgan fingerprint density at radius 3 is 0.929 bits per heavy atom. The highest BCUT2D eigenvalue weighted by Crippen LogP contribution is 1.87. The maximum Gasteiger partial charge on any atom is 0.118 e. The largest absolute Gasteiger partial charge is 0.147 e. The molecule has 0 saturated carbocycles. The fourth-order valence-corrected chi connectivity index (χ4v) is 1.22. The van der Waals surface area contributed by atoms with Crippen LogP contribution in [0.25, 0.3) is 0 Å². The van der Waals surface area contributed by atoms with Crippen molar-refractivity contribution >= 4 is 91.4 Å². The molecule has 0 rings (SSSR count). The summed E-state index contributed by atoms with van der Waals surface area (Å²) in [5.41, 5.74) is 0. The number of hydrogen-bond acceptors (Lipinski definition) is 0. The van der Waals surface area contributed by atoms with Crippen molar-refractivity contribution in [3.63, 3.8) is 0 Å². The summed E-state index contributed by atoms with van der Waals surface area (Å²) >= 11 is 5.40. The Kier molecular flexibility index (Phi) is 115. The van der Waals surface area contributed by atoms with Gasteiger partial charge in [0.25, 0.3) is 0 Å². The molecule has 4 radical (unpaired) electrons. The molecule has 0 unspecified atom stereocenters. The van der Waals surface area contributed by atoms with Gasteiger partial charge in [-0.3, -0.25) is 0 Å². The summed E-state index contributed by atoms with van der Waals surface area (Å²) in [6.45, 7) is 4.40. The second kappa shape index (κ2) is 45.0. The summed E-state index contributed by atoms with van der Waals surface area (Å²) in [4.78, 5) is 0. The van der Waals surface area contributed by atoms with Crippen molar-refractivity contribution in [2.45, 2.75) is 50.1 Å². The standard InChI is InChI=1S/2C4H9.2Al.2BrH.2ClH/c2*1-3-4-2;;;;;;/h2*1,3-4H2,2H3;;;4*1H. The molecule has 0 heterocycles. The molecule has 0 aliphatic rings. The molecular weight excluding hydrogens is 381 g/mol. The van der Waals surface area contributed by atoms with E-state index in [1.807, 2.05) is 0 Å². The molecule has 88 valence electrons. The van der Waals surface area contributed by atoms with Crippen molar-refractivity contribution in [3.8, 4) is 0 Å². The van der Waals surface area contributed by atoms with Crippen LogP contribution in [0.1, 0.15) is 39.5 Å². The maximum atomic E-state index is 2.70. The molecule has 6 heteroatoms. The predicted molar refractivity (Wildman–Crippen MR) is 86.1 cm³/mol. The number of hydrogen-bond donors (Lipinski definition) is 0. The zero-order chi connectivity index (χ0) is 8.24. The fraction of sp³-hybridized carbons (Fsp3) is 1.00. The van der Waals surface area contributed by atoms with Gasteiger partial charge in [-0.25, -0.2) is 0 Å². The van der Waals surface area contributed by atoms with E-state index in [2.05, 4.69) is 46.4 Å². The van der Waals surface area contributed by atoms with E-state index < -0.39 is 0 Å². The van der Waals surface area contributed by atoms with Crippen LogP contribution in [0.4, 0.5) is 0 Å². The first kappa shape index (κ1) is 36.0. The van der Waals surface area contributed by atoms with Crippen molar-refractivity contribution in [3.05, 3.63) is 0 Å². The van der Waals surface area contributed by atoms with Crippen LogP contribution in [0.15, 0.2) is 0 Å². The number of rotatable bonds is 4. The minimum Gasteiger partial charge on any atom is -0.147 e. The van der Waals surface area contributed by atoms with Gasteiger partial charge in [0, 0.05) is 0 Å². The van der Waals surface area contributed by atoms with Gasteiger partial charge >= 0.3 is 0 Å². The van der Waals surface area contributed by atoms with Crippen LogP contribution in [-0.4, -0.2) is 32.6 Å². The van der Waals surface area contributed by atoms with E-state index in [-0.39, 0.29) is 58.8 Å². The van der Waals surface area contributed by atoms with E-state index in [0.29, 0.717) is 0 Å². The molecule has 0 aromatic rings. The predicted octanol–water partition coefficient (Wildman–Crippen LogP) is 4.75. The zero-order valence-corrected chi connectivity index (χ0v) is 16.4. The Morgan fingerprint density at radius 2 is 0.929 bits per heavy atom. The number of halogens is 4. The van der Waals surface area contributed by atoms with Crippen molar-refractivity contribution in [2.24, 2.45) is 0 Å². The van der Waals surface area contributed by atoms with E-state index in [4.69, 9.17) is 0 Å². The summed E-state index contributed by atoms with van der Waals surface area (Å²) in [7, 11) is 0. The van der Waals surface area contributed by atoms with Crippen molar-refractivity contribution in [1.82, 2.24) is 0 Å². The van der Waals surface area contributed by atoms with E-state index >= 15 is 0 Å². The minimum atomic E-state index is 0. The molecule has 0 aromatic carbocycles. The van der Waals surface area contributed by atoms with Crippen LogP contribution in [0.3, 0.4) is 0 Å². The van der Waals surface area contributed by atoms with Crippen molar-refractivity contribution in [1.29, 1.82) is 0 Å². The first-order valence-corrected chi connectivity index (χ1v) is 5.86. The fourth-order valence-electron chi connectivity index (χ4n) is 0.408. The van der Waals surface area contributed by atoms with Gasteiger partial charge in [0.2, 0.25) is 0 Å². The van der Waals surface area contributed by atoms with Gasteiger partial charge in [-0.15, -0.1) is 69.3 Å². The van der Waals surface area contributed by atoms with Gasteiger partial charge in [0.15, 0.2) is 0 Å². The van der Waals surface area contributed by atoms with Crippen LogP contribution < -0.4 is 0 Å². The Bertz CT molecular complexity index is 44.3. The first-order chi connectivity index (χ1) is 4.83. The Balaban J connectivity index is -0.0000000178. The Morgan fingerprint density at radius 1 is 0.714 bits per heavy atom. The summed E-state index contributed by atoms with van der Waals surface area (Å²) in [5, 5.41) is 2.52. The van der Waals surface area contributed by atoms with E-state index in [1.165, 1.54) is 36.2 Å². The molecule has 14 heavy (non-hydrogen) atoms. The van der Waals surface area contributed by atoms with Crippen LogP contribution in [0.5, 0.6) is 0 Å². The molecule has 0 aliphatic carbocycles. The molecule has 0 nitrogen and oxygen atoms in total. The topological polar surface area (TPSA) is 0 Å². The monoisotopic (exact) mass is 400 g/mol. The Hall–Kier alpha value is 2.60. The average Bonchev–Trinajstić information content (AvgIpc) is 1.93. The van der Waals surface area contributed by atoms with E-state index in [0.717, 1.165) is 0 Å². The summed E-state index contributed by atoms with van der Waals surface area (Å²) in [5.74, 6) is 0. The summed E-state index contributed by atoms with van der Waals surface area (Å²) in [6, 6.07) is 0. The molecule has 0 amide bonds. The van der Waals surface area contributed by atoms with Crippen LogP contribution in [0.2, 0.25) is 10.6 Å². The first-order valence-electron chi connectivity index (χ1n) is 4.23. The van der Waals surface area contributed by atoms with Crippen LogP contribution >= 0.6 is 58.8 Å². The van der Waals surface area contributed by atoms with Crippen molar-refractivity contribution in [2.75, 3.05) is 0 Å². The SMILES string of the molecule is Br.Br.CCC[CH2][Al].CCC[CH2][Al].Cl.Cl. The maximum absolute atomic E-state index is 2.70. The highest BCUT2D eigenvalue weighted by Gasteiger charge is 1.68. The zero-order valence-electron chi connectivity index (χ0n) is 9.03. The molecule has 0 atom stereocenters. The van der Waals surface area contributed by atoms with Gasteiger partial charge in [-0.05, 0) is 0 Å². The molecule has 0 aliphatic heterocycles. The molecule has 0 aromatic heterocycles. The molecule has 0 N–H and O–H groups in total. The highest BCUT2D eigenvalue weighted by atomic mass is 79.9. The van der Waals surface area contributed by atoms with E-state index in [1.54, 1.807) is 0 Å². The van der Waals surface area contributed by atoms with Crippen molar-refractivity contribution < 1.29 is 0 Å². The van der Waals surface area contributed by atoms with E-state index in [9.17, 15) is 0 Å². The van der Waals surface area contributed by atoms with Gasteiger partial charge in [0.1, 0.15) is 32.6 Å². The quantitative estimate of drug-likeness (QED) is 0.595. The normalized spacial score (nSPS) is 5.86. The lowest BCUT2D eigenvalue weighted by molar-refractivity contribution is 0.884. The van der Waals surface area contributed by atoms with Gasteiger partial charge in [0.05, 0.1) is 0 Å². The van der Waals surface area contributed by atoms with Crippen LogP contribution in [-0.2, 0) is 0 Å². The third kappa shape index (κ3) is 62.0. The summed E-state index contributed by atoms with van der Waals surface area (Å²) in [6.07, 6.45) is 5.35. The van der Waals surface area contributed by atoms with Crippen LogP contribution in [0, 0.1) is 0 Å². The molecule has 0 bridgehead atoms. The summed E-state index contributed by atoms with van der Waals surface area (Å²) < 4.78 is 0. The second-order valence-corrected chi connectivity index (χ2v) is 3.44. The smallest absolute Gasteiger partial charge is 0.118 e. The Labute approximate surface area is 140 Å². The highest BCUT2D eigenvalue weighted by molar-refractivity contribution is 8.93. The minimum absolute atomic E-state index is 0. The molecule has 0 fully saturated rings. The van der Waals surface area contributed by atoms with Gasteiger partial charge < -0.3 is 0 Å². The van der Waals surface area contributed by atoms with Gasteiger partial charge in [-0.2, -0.15) is 0 Å². The third-order valence-electron chi connectivity index (χ3n) is 1.12. The molecular formula is C8H22Al2Br2Cl2. The average molecular weight is 403 g/mol. The second-order valence-electron chi connectivity index (χ2n) is 2.28. The lowest BCUT2D eigenvalue weighted by Crippen LogP contribution is -1.63. The molecule has 0 spiro atoms. The molecule has 0 saturated heterocycles. The number of unbranched alkanes of at least 4 members (excludes halogenated alkanes) is 2. The lowest BCUT2D eigenvalue weighted by Gasteiger charge is -1.79. The lowest BCUT2D eigenvalue weighted by atomic mass is 10.4.